The SMILES string of the molecule is CC(C)CN(Cc1cc(Cl)c2c(c1)OCCCO2)C(=O)C1CN(Cc2cccc3c2N(C)CC3)CCO1. The van der Waals surface area contributed by atoms with Gasteiger partial charge in [-0.1, -0.05) is 43.6 Å². The molecule has 37 heavy (non-hydrogen) atoms. The smallest absolute Gasteiger partial charge is 0.253 e. The zero-order valence-electron chi connectivity index (χ0n) is 22.2. The van der Waals surface area contributed by atoms with Gasteiger partial charge in [0.25, 0.3) is 5.91 Å². The molecule has 1 unspecified atom stereocenters. The fraction of sp³-hybridized carbons (Fsp3) is 0.552. The van der Waals surface area contributed by atoms with Crippen LogP contribution in [0.1, 0.15) is 37.0 Å². The molecule has 1 atom stereocenters. The highest BCUT2D eigenvalue weighted by molar-refractivity contribution is 6.32. The number of hydrogen-bond donors (Lipinski definition) is 0. The van der Waals surface area contributed by atoms with Gasteiger partial charge in [-0.25, -0.2) is 0 Å². The predicted molar refractivity (Wildman–Crippen MR) is 146 cm³/mol. The van der Waals surface area contributed by atoms with Crippen molar-refractivity contribution < 1.29 is 19.0 Å². The van der Waals surface area contributed by atoms with E-state index < -0.39 is 6.10 Å². The molecule has 0 bridgehead atoms. The lowest BCUT2D eigenvalue weighted by Crippen LogP contribution is -2.51. The number of carbonyl (C=O) groups is 1. The summed E-state index contributed by atoms with van der Waals surface area (Å²) < 4.78 is 17.7. The average molecular weight is 528 g/mol. The van der Waals surface area contributed by atoms with Crippen molar-refractivity contribution in [3.63, 3.8) is 0 Å². The summed E-state index contributed by atoms with van der Waals surface area (Å²) in [6.07, 6.45) is 1.42. The summed E-state index contributed by atoms with van der Waals surface area (Å²) in [4.78, 5) is 20.4. The van der Waals surface area contributed by atoms with Gasteiger partial charge in [-0.15, -0.1) is 0 Å². The molecule has 2 aromatic carbocycles. The maximum atomic E-state index is 13.8. The first-order chi connectivity index (χ1) is 17.9. The molecule has 0 spiro atoms. The number of fused-ring (bicyclic) bond motifs is 2. The number of ether oxygens (including phenoxy) is 3. The van der Waals surface area contributed by atoms with Crippen LogP contribution in [0.2, 0.25) is 5.02 Å². The van der Waals surface area contributed by atoms with Crippen LogP contribution in [-0.4, -0.2) is 74.9 Å². The van der Waals surface area contributed by atoms with E-state index in [1.54, 1.807) is 0 Å². The standard InChI is InChI=1S/C29H38ClN3O4/c1-20(2)16-33(17-21-14-24(30)28-25(15-21)35-11-5-12-37-28)29(34)26-19-32(10-13-36-26)18-23-7-4-6-22-8-9-31(3)27(22)23/h4,6-7,14-15,20,26H,5,8-13,16-19H2,1-3H3. The van der Waals surface area contributed by atoms with Crippen LogP contribution in [0.4, 0.5) is 5.69 Å². The Bertz CT molecular complexity index is 1120. The number of nitrogens with zero attached hydrogens (tertiary/aromatic N) is 3. The molecule has 0 N–H and O–H groups in total. The van der Waals surface area contributed by atoms with Crippen LogP contribution in [0.5, 0.6) is 11.5 Å². The van der Waals surface area contributed by atoms with Crippen LogP contribution in [-0.2, 0) is 29.0 Å². The van der Waals surface area contributed by atoms with E-state index in [1.165, 1.54) is 16.8 Å². The lowest BCUT2D eigenvalue weighted by molar-refractivity contribution is -0.151. The fourth-order valence-electron chi connectivity index (χ4n) is 5.57. The zero-order valence-corrected chi connectivity index (χ0v) is 22.9. The first kappa shape index (κ1) is 26.1. The molecule has 1 saturated heterocycles. The average Bonchev–Trinajstić information content (AvgIpc) is 3.09. The Balaban J connectivity index is 1.30. The lowest BCUT2D eigenvalue weighted by atomic mass is 10.1. The summed E-state index contributed by atoms with van der Waals surface area (Å²) in [7, 11) is 2.16. The van der Waals surface area contributed by atoms with Crippen LogP contribution in [0.3, 0.4) is 0 Å². The van der Waals surface area contributed by atoms with Crippen molar-refractivity contribution in [1.29, 1.82) is 0 Å². The second kappa shape index (κ2) is 11.5. The molecule has 3 aliphatic rings. The lowest BCUT2D eigenvalue weighted by Gasteiger charge is -2.36. The molecular formula is C29H38ClN3O4. The third kappa shape index (κ3) is 6.00. The number of carbonyl (C=O) groups excluding carboxylic acids is 1. The maximum Gasteiger partial charge on any atom is 0.253 e. The number of likely N-dealkylation sites (N-methyl/N-ethyl adjacent to an activating group) is 1. The summed E-state index contributed by atoms with van der Waals surface area (Å²) in [6.45, 7) is 10.4. The Labute approximate surface area is 225 Å². The van der Waals surface area contributed by atoms with Gasteiger partial charge < -0.3 is 24.0 Å². The molecule has 3 heterocycles. The van der Waals surface area contributed by atoms with E-state index in [-0.39, 0.29) is 5.91 Å². The molecule has 3 aliphatic heterocycles. The van der Waals surface area contributed by atoms with Crippen LogP contribution in [0.25, 0.3) is 0 Å². The fourth-order valence-corrected chi connectivity index (χ4v) is 5.86. The van der Waals surface area contributed by atoms with Gasteiger partial charge in [0.1, 0.15) is 6.10 Å². The predicted octanol–water partition coefficient (Wildman–Crippen LogP) is 4.38. The zero-order chi connectivity index (χ0) is 25.9. The Morgan fingerprint density at radius 3 is 2.84 bits per heavy atom. The van der Waals surface area contributed by atoms with Gasteiger partial charge in [0.15, 0.2) is 11.5 Å². The molecule has 2 aromatic rings. The number of rotatable bonds is 7. The van der Waals surface area contributed by atoms with Crippen molar-refractivity contribution in [3.8, 4) is 11.5 Å². The van der Waals surface area contributed by atoms with E-state index in [0.717, 1.165) is 38.0 Å². The highest BCUT2D eigenvalue weighted by Gasteiger charge is 2.32. The van der Waals surface area contributed by atoms with Gasteiger partial charge in [0.2, 0.25) is 0 Å². The van der Waals surface area contributed by atoms with E-state index >= 15 is 0 Å². The second-order valence-corrected chi connectivity index (χ2v) is 11.2. The molecule has 0 aromatic heterocycles. The maximum absolute atomic E-state index is 13.8. The monoisotopic (exact) mass is 527 g/mol. The van der Waals surface area contributed by atoms with Crippen LogP contribution in [0, 0.1) is 5.92 Å². The van der Waals surface area contributed by atoms with Crippen molar-refractivity contribution in [1.82, 2.24) is 9.80 Å². The van der Waals surface area contributed by atoms with Crippen LogP contribution < -0.4 is 14.4 Å². The molecule has 7 nitrogen and oxygen atoms in total. The minimum atomic E-state index is -0.488. The van der Waals surface area contributed by atoms with Crippen LogP contribution in [0.15, 0.2) is 30.3 Å². The van der Waals surface area contributed by atoms with Crippen molar-refractivity contribution in [2.75, 3.05) is 57.9 Å². The van der Waals surface area contributed by atoms with Gasteiger partial charge in [0.05, 0.1) is 24.8 Å². The number of morpholine rings is 1. The van der Waals surface area contributed by atoms with E-state index in [9.17, 15) is 4.79 Å². The Morgan fingerprint density at radius 2 is 2.00 bits per heavy atom. The minimum Gasteiger partial charge on any atom is -0.489 e. The first-order valence-electron chi connectivity index (χ1n) is 13.4. The highest BCUT2D eigenvalue weighted by atomic mass is 35.5. The van der Waals surface area contributed by atoms with Gasteiger partial charge in [0, 0.05) is 58.4 Å². The molecular weight excluding hydrogens is 490 g/mol. The molecule has 0 radical (unpaired) electrons. The van der Waals surface area contributed by atoms with Crippen LogP contribution >= 0.6 is 11.6 Å². The Hall–Kier alpha value is -2.48. The van der Waals surface area contributed by atoms with E-state index in [0.29, 0.717) is 61.9 Å². The van der Waals surface area contributed by atoms with Gasteiger partial charge in [-0.2, -0.15) is 0 Å². The van der Waals surface area contributed by atoms with E-state index in [4.69, 9.17) is 25.8 Å². The highest BCUT2D eigenvalue weighted by Crippen LogP contribution is 2.38. The van der Waals surface area contributed by atoms with Crippen molar-refractivity contribution >= 4 is 23.2 Å². The van der Waals surface area contributed by atoms with Gasteiger partial charge >= 0.3 is 0 Å². The Morgan fingerprint density at radius 1 is 1.16 bits per heavy atom. The molecule has 0 aliphatic carbocycles. The first-order valence-corrected chi connectivity index (χ1v) is 13.8. The number of benzene rings is 2. The summed E-state index contributed by atoms with van der Waals surface area (Å²) in [5.74, 6) is 1.59. The van der Waals surface area contributed by atoms with Gasteiger partial charge in [-0.3, -0.25) is 9.69 Å². The number of hydrogen-bond acceptors (Lipinski definition) is 6. The van der Waals surface area contributed by atoms with E-state index in [1.807, 2.05) is 17.0 Å². The summed E-state index contributed by atoms with van der Waals surface area (Å²) in [5, 5.41) is 0.520. The molecule has 1 amide bonds. The normalized spacial score (nSPS) is 19.6. The third-order valence-corrected chi connectivity index (χ3v) is 7.53. The molecule has 5 rings (SSSR count). The molecule has 0 saturated carbocycles. The third-order valence-electron chi connectivity index (χ3n) is 7.25. The minimum absolute atomic E-state index is 0.0250. The molecule has 8 heteroatoms. The number of halogens is 1. The number of amides is 1. The quantitative estimate of drug-likeness (QED) is 0.532. The van der Waals surface area contributed by atoms with E-state index in [2.05, 4.69) is 48.9 Å². The molecule has 1 fully saturated rings. The second-order valence-electron chi connectivity index (χ2n) is 10.8. The Kier molecular flexibility index (Phi) is 8.12. The summed E-state index contributed by atoms with van der Waals surface area (Å²) >= 11 is 6.54. The van der Waals surface area contributed by atoms with Crippen molar-refractivity contribution in [2.45, 2.75) is 45.9 Å². The largest absolute Gasteiger partial charge is 0.489 e. The topological polar surface area (TPSA) is 54.5 Å². The summed E-state index contributed by atoms with van der Waals surface area (Å²) in [5.41, 5.74) is 5.02. The number of anilines is 1. The molecule has 200 valence electrons. The van der Waals surface area contributed by atoms with Crippen molar-refractivity contribution in [2.24, 2.45) is 5.92 Å². The van der Waals surface area contributed by atoms with Gasteiger partial charge in [-0.05, 0) is 41.2 Å². The van der Waals surface area contributed by atoms with Crippen molar-refractivity contribution in [3.05, 3.63) is 52.0 Å². The number of para-hydroxylation sites is 1. The summed E-state index contributed by atoms with van der Waals surface area (Å²) in [6, 6.07) is 10.4.